The number of amides is 1. The third-order valence-electron chi connectivity index (χ3n) is 4.11. The van der Waals surface area contributed by atoms with Gasteiger partial charge in [-0.15, -0.1) is 6.58 Å². The molecule has 2 aromatic rings. The van der Waals surface area contributed by atoms with Gasteiger partial charge in [0.1, 0.15) is 5.56 Å². The van der Waals surface area contributed by atoms with Crippen LogP contribution in [0.25, 0.3) is 0 Å². The lowest BCUT2D eigenvalue weighted by atomic mass is 10.1. The van der Waals surface area contributed by atoms with Crippen molar-refractivity contribution in [2.24, 2.45) is 0 Å². The van der Waals surface area contributed by atoms with E-state index in [1.165, 1.54) is 12.5 Å². The number of benzene rings is 1. The van der Waals surface area contributed by atoms with Crippen LogP contribution in [0, 0.1) is 20.8 Å². The van der Waals surface area contributed by atoms with Crippen molar-refractivity contribution in [1.29, 1.82) is 0 Å². The van der Waals surface area contributed by atoms with E-state index in [4.69, 9.17) is 4.74 Å². The van der Waals surface area contributed by atoms with Crippen molar-refractivity contribution in [2.75, 3.05) is 6.54 Å². The minimum absolute atomic E-state index is 0.327. The van der Waals surface area contributed by atoms with E-state index >= 15 is 0 Å². The second-order valence-electron chi connectivity index (χ2n) is 6.27. The summed E-state index contributed by atoms with van der Waals surface area (Å²) in [6.07, 6.45) is 0.678. The highest BCUT2D eigenvalue weighted by Gasteiger charge is 2.24. The molecule has 0 fully saturated rings. The molecule has 2 rings (SSSR count). The molecule has 6 nitrogen and oxygen atoms in total. The summed E-state index contributed by atoms with van der Waals surface area (Å²) in [5, 5.41) is 7.06. The van der Waals surface area contributed by atoms with Crippen molar-refractivity contribution < 1.29 is 14.3 Å². The minimum Gasteiger partial charge on any atom is -0.449 e. The first-order valence-corrected chi connectivity index (χ1v) is 8.52. The number of nitrogens with zero attached hydrogens (tertiary/aromatic N) is 2. The van der Waals surface area contributed by atoms with Crippen LogP contribution in [0.4, 0.5) is 0 Å². The summed E-state index contributed by atoms with van der Waals surface area (Å²) in [5.74, 6) is -0.906. The van der Waals surface area contributed by atoms with Gasteiger partial charge < -0.3 is 10.1 Å². The third-order valence-corrected chi connectivity index (χ3v) is 4.11. The summed E-state index contributed by atoms with van der Waals surface area (Å²) in [5.41, 5.74) is 3.99. The fraction of sp³-hybridized carbons (Fsp3) is 0.350. The van der Waals surface area contributed by atoms with E-state index in [0.717, 1.165) is 5.56 Å². The summed E-state index contributed by atoms with van der Waals surface area (Å²) < 4.78 is 7.07. The molecule has 1 atom stereocenters. The standard InChI is InChI=1S/C20H25N3O3/c1-6-11-21-19(24)16(5)26-20(25)18-14(3)22-23(15(18)4)12-17-9-7-13(2)8-10-17/h6-10,16H,1,11-12H2,2-5H3,(H,21,24)/t16-/m0/s1. The normalized spacial score (nSPS) is 11.7. The quantitative estimate of drug-likeness (QED) is 0.612. The van der Waals surface area contributed by atoms with Gasteiger partial charge >= 0.3 is 5.97 Å². The zero-order valence-electron chi connectivity index (χ0n) is 15.7. The van der Waals surface area contributed by atoms with Gasteiger partial charge in [0.15, 0.2) is 6.10 Å². The zero-order chi connectivity index (χ0) is 19.3. The Hall–Kier alpha value is -2.89. The SMILES string of the molecule is C=CCNC(=O)[C@H](C)OC(=O)c1c(C)nn(Cc2ccc(C)cc2)c1C. The summed E-state index contributed by atoms with van der Waals surface area (Å²) >= 11 is 0. The van der Waals surface area contributed by atoms with Crippen molar-refractivity contribution in [3.05, 3.63) is 65.0 Å². The molecular formula is C20H25N3O3. The van der Waals surface area contributed by atoms with Crippen LogP contribution >= 0.6 is 0 Å². The molecular weight excluding hydrogens is 330 g/mol. The van der Waals surface area contributed by atoms with Crippen LogP contribution in [-0.4, -0.2) is 34.3 Å². The smallest absolute Gasteiger partial charge is 0.342 e. The number of nitrogens with one attached hydrogen (secondary N) is 1. The first kappa shape index (κ1) is 19.4. The topological polar surface area (TPSA) is 73.2 Å². The van der Waals surface area contributed by atoms with Crippen LogP contribution in [0.1, 0.15) is 39.8 Å². The number of aryl methyl sites for hydroxylation is 2. The highest BCUT2D eigenvalue weighted by Crippen LogP contribution is 2.17. The fourth-order valence-electron chi connectivity index (χ4n) is 2.60. The maximum atomic E-state index is 12.5. The number of carbonyl (C=O) groups excluding carboxylic acids is 2. The average Bonchev–Trinajstić information content (AvgIpc) is 2.88. The van der Waals surface area contributed by atoms with Gasteiger partial charge in [0.25, 0.3) is 5.91 Å². The second kappa shape index (κ2) is 8.47. The van der Waals surface area contributed by atoms with Crippen molar-refractivity contribution in [3.63, 3.8) is 0 Å². The summed E-state index contributed by atoms with van der Waals surface area (Å²) in [7, 11) is 0. The van der Waals surface area contributed by atoms with Crippen molar-refractivity contribution in [3.8, 4) is 0 Å². The number of rotatable bonds is 7. The number of ether oxygens (including phenoxy) is 1. The second-order valence-corrected chi connectivity index (χ2v) is 6.27. The number of aromatic nitrogens is 2. The summed E-state index contributed by atoms with van der Waals surface area (Å²) in [6, 6.07) is 8.16. The molecule has 1 N–H and O–H groups in total. The van der Waals surface area contributed by atoms with Gasteiger partial charge in [-0.05, 0) is 33.3 Å². The first-order chi connectivity index (χ1) is 12.3. The summed E-state index contributed by atoms with van der Waals surface area (Å²) in [6.45, 7) is 11.6. The lowest BCUT2D eigenvalue weighted by Gasteiger charge is -2.13. The van der Waals surface area contributed by atoms with Crippen molar-refractivity contribution in [1.82, 2.24) is 15.1 Å². The van der Waals surface area contributed by atoms with Gasteiger partial charge in [0.2, 0.25) is 0 Å². The van der Waals surface area contributed by atoms with Crippen LogP contribution in [0.15, 0.2) is 36.9 Å². The molecule has 0 unspecified atom stereocenters. The molecule has 0 aliphatic rings. The molecule has 138 valence electrons. The molecule has 6 heteroatoms. The molecule has 0 spiro atoms. The Morgan fingerprint density at radius 3 is 2.54 bits per heavy atom. The zero-order valence-corrected chi connectivity index (χ0v) is 15.7. The van der Waals surface area contributed by atoms with Crippen LogP contribution in [0.2, 0.25) is 0 Å². The average molecular weight is 355 g/mol. The maximum absolute atomic E-state index is 12.5. The molecule has 26 heavy (non-hydrogen) atoms. The van der Waals surface area contributed by atoms with Crippen LogP contribution in [0.3, 0.4) is 0 Å². The highest BCUT2D eigenvalue weighted by atomic mass is 16.5. The van der Waals surface area contributed by atoms with E-state index < -0.39 is 12.1 Å². The van der Waals surface area contributed by atoms with E-state index in [1.807, 2.05) is 38.1 Å². The summed E-state index contributed by atoms with van der Waals surface area (Å²) in [4.78, 5) is 24.4. The number of esters is 1. The van der Waals surface area contributed by atoms with Gasteiger partial charge in [0, 0.05) is 6.54 Å². The van der Waals surface area contributed by atoms with Crippen LogP contribution in [-0.2, 0) is 16.1 Å². The Kier molecular flexibility index (Phi) is 6.33. The van der Waals surface area contributed by atoms with Crippen molar-refractivity contribution in [2.45, 2.75) is 40.3 Å². The van der Waals surface area contributed by atoms with E-state index in [-0.39, 0.29) is 5.91 Å². The Morgan fingerprint density at radius 1 is 1.27 bits per heavy atom. The van der Waals surface area contributed by atoms with Crippen LogP contribution in [0.5, 0.6) is 0 Å². The van der Waals surface area contributed by atoms with Gasteiger partial charge in [-0.1, -0.05) is 35.9 Å². The van der Waals surface area contributed by atoms with Gasteiger partial charge in [0.05, 0.1) is 17.9 Å². The third kappa shape index (κ3) is 4.59. The Bertz CT molecular complexity index is 806. The largest absolute Gasteiger partial charge is 0.449 e. The molecule has 0 saturated heterocycles. The molecule has 1 amide bonds. The lowest BCUT2D eigenvalue weighted by Crippen LogP contribution is -2.36. The van der Waals surface area contributed by atoms with E-state index in [1.54, 1.807) is 17.7 Å². The molecule has 0 aliphatic carbocycles. The lowest BCUT2D eigenvalue weighted by molar-refractivity contribution is -0.128. The Morgan fingerprint density at radius 2 is 1.92 bits per heavy atom. The predicted molar refractivity (Wildman–Crippen MR) is 100 cm³/mol. The van der Waals surface area contributed by atoms with Gasteiger partial charge in [-0.25, -0.2) is 4.79 Å². The maximum Gasteiger partial charge on any atom is 0.342 e. The Labute approximate surface area is 153 Å². The minimum atomic E-state index is -0.887. The fourth-order valence-corrected chi connectivity index (χ4v) is 2.60. The molecule has 1 heterocycles. The number of carbonyl (C=O) groups is 2. The highest BCUT2D eigenvalue weighted by molar-refractivity contribution is 5.94. The molecule has 1 aromatic carbocycles. The molecule has 1 aromatic heterocycles. The predicted octanol–water partition coefficient (Wildman–Crippen LogP) is 2.70. The molecule has 0 bridgehead atoms. The molecule has 0 saturated carbocycles. The van der Waals surface area contributed by atoms with Gasteiger partial charge in [-0.2, -0.15) is 5.10 Å². The molecule has 0 aliphatic heterocycles. The van der Waals surface area contributed by atoms with E-state index in [0.29, 0.717) is 30.0 Å². The van der Waals surface area contributed by atoms with E-state index in [2.05, 4.69) is 17.0 Å². The molecule has 0 radical (unpaired) electrons. The van der Waals surface area contributed by atoms with Crippen molar-refractivity contribution >= 4 is 11.9 Å². The Balaban J connectivity index is 2.13. The monoisotopic (exact) mass is 355 g/mol. The van der Waals surface area contributed by atoms with Gasteiger partial charge in [-0.3, -0.25) is 9.48 Å². The van der Waals surface area contributed by atoms with Crippen LogP contribution < -0.4 is 5.32 Å². The van der Waals surface area contributed by atoms with E-state index in [9.17, 15) is 9.59 Å². The number of hydrogen-bond acceptors (Lipinski definition) is 4. The number of hydrogen-bond donors (Lipinski definition) is 1. The first-order valence-electron chi connectivity index (χ1n) is 8.52.